The van der Waals surface area contributed by atoms with E-state index in [1.165, 1.54) is 21.9 Å². The number of piperazine rings is 1. The number of esters is 1. The molecule has 1 saturated heterocycles. The third-order valence-corrected chi connectivity index (χ3v) is 4.02. The molecule has 2 rings (SSSR count). The maximum atomic E-state index is 12.9. The molecule has 1 aliphatic rings. The van der Waals surface area contributed by atoms with Crippen molar-refractivity contribution in [2.24, 2.45) is 0 Å². The Bertz CT molecular complexity index is 591. The first kappa shape index (κ1) is 19.3. The van der Waals surface area contributed by atoms with E-state index in [9.17, 15) is 14.0 Å². The first-order valence-corrected chi connectivity index (χ1v) is 8.66. The van der Waals surface area contributed by atoms with Crippen LogP contribution in [0, 0.1) is 5.82 Å². The van der Waals surface area contributed by atoms with Gasteiger partial charge in [0.15, 0.2) is 13.1 Å². The highest BCUT2D eigenvalue weighted by Gasteiger charge is 2.28. The van der Waals surface area contributed by atoms with Gasteiger partial charge in [-0.05, 0) is 45.0 Å². The second kappa shape index (κ2) is 8.40. The number of hydrogen-bond acceptors (Lipinski definition) is 3. The van der Waals surface area contributed by atoms with Crippen molar-refractivity contribution in [2.75, 3.05) is 44.6 Å². The number of anilines is 1. The first-order valence-electron chi connectivity index (χ1n) is 8.66. The van der Waals surface area contributed by atoms with Gasteiger partial charge in [-0.1, -0.05) is 0 Å². The van der Waals surface area contributed by atoms with E-state index < -0.39 is 5.60 Å². The molecule has 0 saturated carbocycles. The highest BCUT2D eigenvalue weighted by molar-refractivity contribution is 5.91. The summed E-state index contributed by atoms with van der Waals surface area (Å²) in [4.78, 5) is 26.3. The minimum atomic E-state index is -0.456. The number of ether oxygens (including phenoxy) is 1. The van der Waals surface area contributed by atoms with E-state index in [2.05, 4.69) is 5.32 Å². The molecule has 3 N–H and O–H groups in total. The van der Waals surface area contributed by atoms with Gasteiger partial charge in [0.05, 0.1) is 0 Å². The van der Waals surface area contributed by atoms with Gasteiger partial charge in [0.1, 0.15) is 37.6 Å². The van der Waals surface area contributed by atoms with Crippen molar-refractivity contribution in [2.45, 2.75) is 26.4 Å². The van der Waals surface area contributed by atoms with Crippen molar-refractivity contribution >= 4 is 17.6 Å². The van der Waals surface area contributed by atoms with E-state index in [0.29, 0.717) is 18.8 Å². The topological polar surface area (TPSA) is 64.3 Å². The van der Waals surface area contributed by atoms with Crippen molar-refractivity contribution in [3.8, 4) is 0 Å². The normalized spacial score (nSPS) is 20.8. The summed E-state index contributed by atoms with van der Waals surface area (Å²) in [6, 6.07) is 5.74. The molecule has 0 unspecified atom stereocenters. The largest absolute Gasteiger partial charge is 0.456 e. The van der Waals surface area contributed by atoms with Crippen LogP contribution in [0.3, 0.4) is 0 Å². The lowest BCUT2D eigenvalue weighted by Crippen LogP contribution is -3.28. The van der Waals surface area contributed by atoms with Crippen LogP contribution < -0.4 is 15.1 Å². The van der Waals surface area contributed by atoms with E-state index >= 15 is 0 Å². The van der Waals surface area contributed by atoms with E-state index in [1.807, 2.05) is 20.8 Å². The lowest BCUT2D eigenvalue weighted by molar-refractivity contribution is -1.00. The number of carbonyl (C=O) groups is 2. The molecule has 0 radical (unpaired) electrons. The molecule has 6 nitrogen and oxygen atoms in total. The monoisotopic (exact) mass is 353 g/mol. The number of quaternary nitrogens is 2. The predicted molar refractivity (Wildman–Crippen MR) is 92.0 cm³/mol. The second-order valence-electron chi connectivity index (χ2n) is 7.50. The Labute approximate surface area is 147 Å². The Kier molecular flexibility index (Phi) is 6.50. The molecule has 0 bridgehead atoms. The molecule has 1 aromatic rings. The lowest BCUT2D eigenvalue weighted by atomic mass is 10.2. The Morgan fingerprint density at radius 3 is 2.08 bits per heavy atom. The smallest absolute Gasteiger partial charge is 0.362 e. The number of halogens is 1. The zero-order valence-electron chi connectivity index (χ0n) is 15.2. The molecular weight excluding hydrogens is 325 g/mol. The summed E-state index contributed by atoms with van der Waals surface area (Å²) in [6.07, 6.45) is 0. The Balaban J connectivity index is 1.70. The van der Waals surface area contributed by atoms with Crippen LogP contribution in [0.5, 0.6) is 0 Å². The molecule has 0 aromatic heterocycles. The molecule has 1 heterocycles. The first-order chi connectivity index (χ1) is 11.7. The zero-order chi connectivity index (χ0) is 18.4. The van der Waals surface area contributed by atoms with Gasteiger partial charge in [-0.3, -0.25) is 4.79 Å². The Hall–Kier alpha value is -1.99. The summed E-state index contributed by atoms with van der Waals surface area (Å²) >= 11 is 0. The van der Waals surface area contributed by atoms with Crippen LogP contribution in [-0.4, -0.2) is 56.7 Å². The molecule has 0 spiro atoms. The summed E-state index contributed by atoms with van der Waals surface area (Å²) in [5.41, 5.74) is 0.141. The summed E-state index contributed by atoms with van der Waals surface area (Å²) in [7, 11) is 0. The fraction of sp³-hybridized carbons (Fsp3) is 0.556. The molecule has 25 heavy (non-hydrogen) atoms. The molecule has 7 heteroatoms. The molecule has 0 atom stereocenters. The van der Waals surface area contributed by atoms with Crippen LogP contribution in [0.4, 0.5) is 10.1 Å². The second-order valence-corrected chi connectivity index (χ2v) is 7.50. The number of carbonyl (C=O) groups excluding carboxylic acids is 2. The van der Waals surface area contributed by atoms with Crippen molar-refractivity contribution in [1.82, 2.24) is 0 Å². The molecule has 1 amide bonds. The third kappa shape index (κ3) is 7.19. The number of benzene rings is 1. The fourth-order valence-electron chi connectivity index (χ4n) is 2.86. The number of nitrogens with one attached hydrogen (secondary N) is 3. The van der Waals surface area contributed by atoms with E-state index in [0.717, 1.165) is 26.2 Å². The summed E-state index contributed by atoms with van der Waals surface area (Å²) in [6.45, 7) is 9.65. The van der Waals surface area contributed by atoms with Gasteiger partial charge in [0, 0.05) is 5.69 Å². The Morgan fingerprint density at radius 2 is 1.56 bits per heavy atom. The SMILES string of the molecule is CC(C)(C)OC(=O)C[NH+]1CC[NH+](CC(=O)Nc2ccc(F)cc2)CC1. The van der Waals surface area contributed by atoms with Crippen LogP contribution in [0.1, 0.15) is 20.8 Å². The quantitative estimate of drug-likeness (QED) is 0.588. The average Bonchev–Trinajstić information content (AvgIpc) is 2.49. The van der Waals surface area contributed by atoms with Crippen molar-refractivity contribution in [3.05, 3.63) is 30.1 Å². The fourth-order valence-corrected chi connectivity index (χ4v) is 2.86. The van der Waals surface area contributed by atoms with Crippen LogP contribution in [0.15, 0.2) is 24.3 Å². The van der Waals surface area contributed by atoms with Gasteiger partial charge in [-0.15, -0.1) is 0 Å². The summed E-state index contributed by atoms with van der Waals surface area (Å²) < 4.78 is 18.2. The number of rotatable bonds is 5. The van der Waals surface area contributed by atoms with Gasteiger partial charge in [0.2, 0.25) is 0 Å². The molecule has 1 aliphatic heterocycles. The van der Waals surface area contributed by atoms with Crippen molar-refractivity contribution < 1.29 is 28.5 Å². The lowest BCUT2D eigenvalue weighted by Gasteiger charge is -2.29. The van der Waals surface area contributed by atoms with Crippen LogP contribution in [0.2, 0.25) is 0 Å². The maximum Gasteiger partial charge on any atom is 0.362 e. The van der Waals surface area contributed by atoms with Crippen molar-refractivity contribution in [3.63, 3.8) is 0 Å². The number of amides is 1. The van der Waals surface area contributed by atoms with Gasteiger partial charge < -0.3 is 19.9 Å². The standard InChI is InChI=1S/C18H26FN3O3/c1-18(2,3)25-17(24)13-22-10-8-21(9-11-22)12-16(23)20-15-6-4-14(19)5-7-15/h4-7H,8-13H2,1-3H3,(H,20,23)/p+2. The zero-order valence-corrected chi connectivity index (χ0v) is 15.2. The van der Waals surface area contributed by atoms with Crippen LogP contribution in [0.25, 0.3) is 0 Å². The average molecular weight is 353 g/mol. The molecule has 0 aliphatic carbocycles. The van der Waals surface area contributed by atoms with Crippen LogP contribution in [-0.2, 0) is 14.3 Å². The van der Waals surface area contributed by atoms with Crippen molar-refractivity contribution in [1.29, 1.82) is 0 Å². The molecule has 138 valence electrons. The summed E-state index contributed by atoms with van der Waals surface area (Å²) in [5, 5.41) is 2.78. The van der Waals surface area contributed by atoms with Gasteiger partial charge in [-0.2, -0.15) is 0 Å². The minimum absolute atomic E-state index is 0.0859. The molecular formula is C18H28FN3O3+2. The van der Waals surface area contributed by atoms with E-state index in [1.54, 1.807) is 12.1 Å². The molecule has 1 fully saturated rings. The molecule has 1 aromatic carbocycles. The van der Waals surface area contributed by atoms with Gasteiger partial charge in [0.25, 0.3) is 5.91 Å². The van der Waals surface area contributed by atoms with Gasteiger partial charge >= 0.3 is 5.97 Å². The number of hydrogen-bond donors (Lipinski definition) is 3. The highest BCUT2D eigenvalue weighted by atomic mass is 19.1. The highest BCUT2D eigenvalue weighted by Crippen LogP contribution is 2.07. The van der Waals surface area contributed by atoms with Gasteiger partial charge in [-0.25, -0.2) is 9.18 Å². The Morgan fingerprint density at radius 1 is 1.04 bits per heavy atom. The predicted octanol–water partition coefficient (Wildman–Crippen LogP) is -1.11. The minimum Gasteiger partial charge on any atom is -0.456 e. The van der Waals surface area contributed by atoms with Crippen LogP contribution >= 0.6 is 0 Å². The third-order valence-electron chi connectivity index (χ3n) is 4.02. The maximum absolute atomic E-state index is 12.9. The van der Waals surface area contributed by atoms with E-state index in [4.69, 9.17) is 4.74 Å². The summed E-state index contributed by atoms with van der Waals surface area (Å²) in [5.74, 6) is -0.593. The van der Waals surface area contributed by atoms with E-state index in [-0.39, 0.29) is 17.7 Å².